The van der Waals surface area contributed by atoms with Gasteiger partial charge in [-0.25, -0.2) is 9.97 Å². The molecule has 0 bridgehead atoms. The Kier molecular flexibility index (Phi) is 6.43. The van der Waals surface area contributed by atoms with Gasteiger partial charge in [-0.05, 0) is 62.9 Å². The number of nitrogens with one attached hydrogen (secondary N) is 1. The molecule has 1 aliphatic heterocycles. The summed E-state index contributed by atoms with van der Waals surface area (Å²) < 4.78 is 5.84. The number of likely N-dealkylation sites (tertiary alicyclic amines) is 1. The Morgan fingerprint density at radius 3 is 2.86 bits per heavy atom. The molecule has 5 rings (SSSR count). The van der Waals surface area contributed by atoms with E-state index in [0.717, 1.165) is 29.7 Å². The second-order valence-corrected chi connectivity index (χ2v) is 9.67. The average molecular weight is 490 g/mol. The molecule has 1 amide bonds. The van der Waals surface area contributed by atoms with E-state index in [9.17, 15) is 4.79 Å². The number of rotatable bonds is 5. The van der Waals surface area contributed by atoms with Crippen LogP contribution in [0.2, 0.25) is 5.02 Å². The minimum absolute atomic E-state index is 0.00431. The highest BCUT2D eigenvalue weighted by Crippen LogP contribution is 2.30. The Morgan fingerprint density at radius 2 is 2.03 bits per heavy atom. The average Bonchev–Trinajstić information content (AvgIpc) is 3.24. The van der Waals surface area contributed by atoms with E-state index in [0.29, 0.717) is 52.5 Å². The monoisotopic (exact) mass is 489 g/mol. The van der Waals surface area contributed by atoms with E-state index in [4.69, 9.17) is 16.0 Å². The zero-order valence-corrected chi connectivity index (χ0v) is 20.8. The van der Waals surface area contributed by atoms with Crippen LogP contribution in [0.3, 0.4) is 0 Å². The van der Waals surface area contributed by atoms with Crippen molar-refractivity contribution in [1.82, 2.24) is 19.9 Å². The molecule has 7 nitrogen and oxygen atoms in total. The lowest BCUT2D eigenvalue weighted by atomic mass is 9.89. The van der Waals surface area contributed by atoms with Crippen molar-refractivity contribution in [3.8, 4) is 11.3 Å². The minimum atomic E-state index is -0.00431. The Labute approximate surface area is 209 Å². The lowest BCUT2D eigenvalue weighted by Crippen LogP contribution is -2.51. The van der Waals surface area contributed by atoms with Crippen LogP contribution >= 0.6 is 11.6 Å². The molecule has 1 N–H and O–H groups in total. The van der Waals surface area contributed by atoms with Crippen LogP contribution in [0.5, 0.6) is 0 Å². The Bertz CT molecular complexity index is 1390. The van der Waals surface area contributed by atoms with Crippen molar-refractivity contribution < 1.29 is 9.21 Å². The Morgan fingerprint density at radius 1 is 1.17 bits per heavy atom. The summed E-state index contributed by atoms with van der Waals surface area (Å²) in [5.74, 6) is 1.02. The molecule has 1 aliphatic rings. The summed E-state index contributed by atoms with van der Waals surface area (Å²) >= 11 is 6.08. The molecule has 0 unspecified atom stereocenters. The third-order valence-electron chi connectivity index (χ3n) is 6.65. The number of hydrogen-bond donors (Lipinski definition) is 1. The van der Waals surface area contributed by atoms with Crippen LogP contribution in [-0.2, 0) is 0 Å². The fourth-order valence-electron chi connectivity index (χ4n) is 4.80. The molecule has 0 spiro atoms. The van der Waals surface area contributed by atoms with E-state index in [2.05, 4.69) is 27.2 Å². The molecule has 0 aliphatic carbocycles. The van der Waals surface area contributed by atoms with Crippen molar-refractivity contribution in [2.24, 2.45) is 5.92 Å². The number of hydrogen-bond acceptors (Lipinski definition) is 6. The van der Waals surface area contributed by atoms with Crippen LogP contribution in [0.25, 0.3) is 22.4 Å². The number of benzene rings is 2. The fraction of sp³-hybridized carbons (Fsp3) is 0.333. The van der Waals surface area contributed by atoms with Gasteiger partial charge in [-0.15, -0.1) is 0 Å². The van der Waals surface area contributed by atoms with Crippen LogP contribution in [-0.4, -0.2) is 44.9 Å². The van der Waals surface area contributed by atoms with Gasteiger partial charge in [0.1, 0.15) is 11.3 Å². The number of anilines is 1. The van der Waals surface area contributed by atoms with Gasteiger partial charge in [0.05, 0.1) is 11.7 Å². The summed E-state index contributed by atoms with van der Waals surface area (Å²) in [5.41, 5.74) is 4.66. The van der Waals surface area contributed by atoms with E-state index >= 15 is 0 Å². The highest BCUT2D eigenvalue weighted by molar-refractivity contribution is 6.31. The van der Waals surface area contributed by atoms with Crippen LogP contribution in [0.15, 0.2) is 53.1 Å². The highest BCUT2D eigenvalue weighted by atomic mass is 35.5. The van der Waals surface area contributed by atoms with Crippen molar-refractivity contribution in [3.63, 3.8) is 0 Å². The summed E-state index contributed by atoms with van der Waals surface area (Å²) in [6.07, 6.45) is 3.76. The largest absolute Gasteiger partial charge is 0.424 e. The molecule has 2 aromatic heterocycles. The molecule has 0 saturated carbocycles. The topological polar surface area (TPSA) is 84.2 Å². The van der Waals surface area contributed by atoms with E-state index in [1.807, 2.05) is 49.1 Å². The molecule has 2 aromatic carbocycles. The number of carbonyl (C=O) groups excluding carboxylic acids is 1. The summed E-state index contributed by atoms with van der Waals surface area (Å²) in [6, 6.07) is 13.6. The smallest absolute Gasteiger partial charge is 0.295 e. The molecule has 1 saturated heterocycles. The van der Waals surface area contributed by atoms with Crippen molar-refractivity contribution in [3.05, 3.63) is 70.6 Å². The van der Waals surface area contributed by atoms with E-state index < -0.39 is 0 Å². The first-order chi connectivity index (χ1) is 16.9. The fourth-order valence-corrected chi connectivity index (χ4v) is 4.97. The van der Waals surface area contributed by atoms with Crippen molar-refractivity contribution in [1.29, 1.82) is 0 Å². The number of fused-ring (bicyclic) bond motifs is 1. The first-order valence-electron chi connectivity index (χ1n) is 11.9. The summed E-state index contributed by atoms with van der Waals surface area (Å²) in [4.78, 5) is 29.3. The Hall–Kier alpha value is -3.45. The van der Waals surface area contributed by atoms with Gasteiger partial charge >= 0.3 is 0 Å². The lowest BCUT2D eigenvalue weighted by molar-refractivity contribution is 0.0540. The number of aryl methyl sites for hydroxylation is 2. The molecule has 180 valence electrons. The second kappa shape index (κ2) is 9.66. The van der Waals surface area contributed by atoms with Crippen LogP contribution < -0.4 is 5.32 Å². The zero-order valence-electron chi connectivity index (χ0n) is 20.1. The maximum absolute atomic E-state index is 14.0. The SMILES string of the molecule is Cc1ccc(-c2ccnc(C)n2)c(C(=O)N2CCC[C@@H](C)[C@H]2CNc2nc3cc(Cl)ccc3o2)c1. The van der Waals surface area contributed by atoms with Gasteiger partial charge < -0.3 is 14.6 Å². The zero-order chi connectivity index (χ0) is 24.5. The van der Waals surface area contributed by atoms with Crippen LogP contribution in [0, 0.1) is 19.8 Å². The van der Waals surface area contributed by atoms with E-state index in [1.165, 1.54) is 0 Å². The second-order valence-electron chi connectivity index (χ2n) is 9.24. The number of piperidine rings is 1. The molecule has 35 heavy (non-hydrogen) atoms. The first-order valence-corrected chi connectivity index (χ1v) is 12.3. The molecular formula is C27H28ClN5O2. The maximum atomic E-state index is 14.0. The van der Waals surface area contributed by atoms with Crippen LogP contribution in [0.4, 0.5) is 6.01 Å². The number of amides is 1. The van der Waals surface area contributed by atoms with Gasteiger partial charge in [0.25, 0.3) is 11.9 Å². The lowest BCUT2D eigenvalue weighted by Gasteiger charge is -2.40. The van der Waals surface area contributed by atoms with Gasteiger partial charge in [0, 0.05) is 35.4 Å². The molecule has 3 heterocycles. The number of halogens is 1. The third-order valence-corrected chi connectivity index (χ3v) is 6.88. The van der Waals surface area contributed by atoms with Gasteiger partial charge in [0.15, 0.2) is 5.58 Å². The quantitative estimate of drug-likeness (QED) is 0.375. The van der Waals surface area contributed by atoms with Gasteiger partial charge in [-0.3, -0.25) is 4.79 Å². The Balaban J connectivity index is 1.42. The van der Waals surface area contributed by atoms with E-state index in [1.54, 1.807) is 18.3 Å². The summed E-state index contributed by atoms with van der Waals surface area (Å²) in [5, 5.41) is 3.93. The number of aromatic nitrogens is 3. The highest BCUT2D eigenvalue weighted by Gasteiger charge is 2.33. The van der Waals surface area contributed by atoms with Gasteiger partial charge in [0.2, 0.25) is 0 Å². The number of nitrogens with zero attached hydrogens (tertiary/aromatic N) is 4. The molecule has 2 atom stereocenters. The first kappa shape index (κ1) is 23.3. The number of oxazole rings is 1. The van der Waals surface area contributed by atoms with Crippen LogP contribution in [0.1, 0.15) is 41.5 Å². The maximum Gasteiger partial charge on any atom is 0.295 e. The molecule has 8 heteroatoms. The van der Waals surface area contributed by atoms with Gasteiger partial charge in [-0.2, -0.15) is 4.98 Å². The van der Waals surface area contributed by atoms with Crippen molar-refractivity contribution in [2.75, 3.05) is 18.4 Å². The van der Waals surface area contributed by atoms with Crippen molar-refractivity contribution in [2.45, 2.75) is 39.7 Å². The third kappa shape index (κ3) is 4.86. The predicted octanol–water partition coefficient (Wildman–Crippen LogP) is 5.91. The molecule has 0 radical (unpaired) electrons. The van der Waals surface area contributed by atoms with Gasteiger partial charge in [-0.1, -0.05) is 36.2 Å². The molecule has 4 aromatic rings. The normalized spacial score (nSPS) is 18.1. The molecular weight excluding hydrogens is 462 g/mol. The molecule has 1 fully saturated rings. The minimum Gasteiger partial charge on any atom is -0.424 e. The standard InChI is InChI=1S/C27H28ClN5O2/c1-16-6-8-20(22-10-11-29-18(3)31-22)21(13-16)26(34)33-12-4-5-17(2)24(33)15-30-27-32-23-14-19(28)7-9-25(23)35-27/h6-11,13-14,17,24H,4-5,12,15H2,1-3H3,(H,30,32)/t17-,24-/m1/s1. The summed E-state index contributed by atoms with van der Waals surface area (Å²) in [6.45, 7) is 7.30. The number of carbonyl (C=O) groups is 1. The van der Waals surface area contributed by atoms with E-state index in [-0.39, 0.29) is 11.9 Å². The summed E-state index contributed by atoms with van der Waals surface area (Å²) in [7, 11) is 0. The van der Waals surface area contributed by atoms with Crippen molar-refractivity contribution >= 4 is 34.6 Å². The predicted molar refractivity (Wildman–Crippen MR) is 138 cm³/mol.